The number of hydrogen-bond donors (Lipinski definition) is 0. The normalized spacial score (nSPS) is 24.3. The van der Waals surface area contributed by atoms with E-state index in [1.165, 1.54) is 28.3 Å². The second-order valence-electron chi connectivity index (χ2n) is 14.7. The first-order valence-electron chi connectivity index (χ1n) is 16.8. The zero-order valence-corrected chi connectivity index (χ0v) is 29.3. The van der Waals surface area contributed by atoms with Crippen LogP contribution in [0, 0.1) is 32.5 Å². The number of likely N-dealkylation sites (tertiary alicyclic amines) is 1. The smallest absolute Gasteiger partial charge is 0.324 e. The van der Waals surface area contributed by atoms with Crippen LogP contribution in [0.25, 0.3) is 0 Å². The van der Waals surface area contributed by atoms with Crippen molar-refractivity contribution in [3.05, 3.63) is 69.0 Å². The third-order valence-corrected chi connectivity index (χ3v) is 10.3. The molecule has 3 aliphatic rings. The number of ether oxygens (including phenoxy) is 2. The number of carbonyl (C=O) groups is 2. The third-order valence-electron chi connectivity index (χ3n) is 10.0. The number of carbonyl (C=O) groups excluding carboxylic acids is 2. The van der Waals surface area contributed by atoms with Crippen LogP contribution >= 0.6 is 11.6 Å². The fraction of sp³-hybridized carbons (Fsp3) is 0.622. The first kappa shape index (κ1) is 34.8. The Bertz CT molecular complexity index is 1400. The van der Waals surface area contributed by atoms with E-state index in [0.717, 1.165) is 12.8 Å². The molecule has 0 saturated carbocycles. The van der Waals surface area contributed by atoms with Crippen LogP contribution in [0.3, 0.4) is 0 Å². The molecule has 9 heteroatoms. The number of nitrogens with zero attached hydrogens (tertiary/aromatic N) is 3. The van der Waals surface area contributed by atoms with Crippen molar-refractivity contribution in [2.75, 3.05) is 45.9 Å². The minimum absolute atomic E-state index is 0.0556. The van der Waals surface area contributed by atoms with Crippen molar-refractivity contribution in [2.24, 2.45) is 5.92 Å². The zero-order chi connectivity index (χ0) is 33.3. The fourth-order valence-electron chi connectivity index (χ4n) is 7.82. The molecule has 252 valence electrons. The molecule has 2 aromatic rings. The molecule has 1 amide bonds. The van der Waals surface area contributed by atoms with E-state index in [1.54, 1.807) is 12.1 Å². The maximum atomic E-state index is 15.3. The van der Waals surface area contributed by atoms with E-state index in [1.807, 2.05) is 25.7 Å². The lowest BCUT2D eigenvalue weighted by Gasteiger charge is -2.44. The molecular weight excluding hydrogens is 605 g/mol. The van der Waals surface area contributed by atoms with Gasteiger partial charge in [-0.2, -0.15) is 0 Å². The second kappa shape index (κ2) is 14.3. The van der Waals surface area contributed by atoms with E-state index in [4.69, 9.17) is 21.1 Å². The van der Waals surface area contributed by atoms with Crippen molar-refractivity contribution in [3.63, 3.8) is 0 Å². The molecule has 3 heterocycles. The molecule has 3 fully saturated rings. The van der Waals surface area contributed by atoms with Gasteiger partial charge < -0.3 is 14.4 Å². The second-order valence-corrected chi connectivity index (χ2v) is 15.1. The first-order valence-corrected chi connectivity index (χ1v) is 17.2. The summed E-state index contributed by atoms with van der Waals surface area (Å²) in [6.07, 6.45) is 2.38. The summed E-state index contributed by atoms with van der Waals surface area (Å²) in [6.45, 7) is 18.3. The Balaban J connectivity index is 1.36. The van der Waals surface area contributed by atoms with Crippen molar-refractivity contribution in [3.8, 4) is 0 Å². The summed E-state index contributed by atoms with van der Waals surface area (Å²) in [7, 11) is 0. The van der Waals surface area contributed by atoms with Gasteiger partial charge in [0.15, 0.2) is 0 Å². The van der Waals surface area contributed by atoms with Gasteiger partial charge in [-0.3, -0.25) is 19.4 Å². The molecule has 0 spiro atoms. The Morgan fingerprint density at radius 2 is 1.70 bits per heavy atom. The predicted octanol–water partition coefficient (Wildman–Crippen LogP) is 6.08. The first-order chi connectivity index (χ1) is 21.7. The highest BCUT2D eigenvalue weighted by atomic mass is 35.5. The van der Waals surface area contributed by atoms with Crippen molar-refractivity contribution in [1.29, 1.82) is 0 Å². The summed E-state index contributed by atoms with van der Waals surface area (Å²) in [5.74, 6) is -1.17. The SMILES string of the molecule is Cc1cc(C)c(C[C@@H](C(=O)OC(C)(C)C)N2CCN(C(=O)[C@@H]3CN(C4CCOCC4)C[C@H]3c3ccc(Cl)cc3F)[C@@H](C)C2)c(C)c1. The van der Waals surface area contributed by atoms with Crippen molar-refractivity contribution in [2.45, 2.75) is 97.4 Å². The number of benzene rings is 2. The van der Waals surface area contributed by atoms with E-state index in [-0.39, 0.29) is 35.6 Å². The Labute approximate surface area is 279 Å². The lowest BCUT2D eigenvalue weighted by atomic mass is 9.87. The van der Waals surface area contributed by atoms with Crippen LogP contribution in [0.5, 0.6) is 0 Å². The summed E-state index contributed by atoms with van der Waals surface area (Å²) in [4.78, 5) is 34.7. The zero-order valence-electron chi connectivity index (χ0n) is 28.6. The molecule has 3 aliphatic heterocycles. The van der Waals surface area contributed by atoms with Crippen LogP contribution < -0.4 is 0 Å². The van der Waals surface area contributed by atoms with E-state index >= 15 is 4.39 Å². The third kappa shape index (κ3) is 7.95. The van der Waals surface area contributed by atoms with Gasteiger partial charge in [-0.1, -0.05) is 35.4 Å². The summed E-state index contributed by atoms with van der Waals surface area (Å²) in [6, 6.07) is 8.88. The van der Waals surface area contributed by atoms with E-state index in [2.05, 4.69) is 49.6 Å². The highest BCUT2D eigenvalue weighted by Gasteiger charge is 2.46. The number of aryl methyl sites for hydroxylation is 3. The van der Waals surface area contributed by atoms with E-state index < -0.39 is 11.6 Å². The van der Waals surface area contributed by atoms with E-state index in [9.17, 15) is 9.59 Å². The monoisotopic (exact) mass is 655 g/mol. The van der Waals surface area contributed by atoms with Gasteiger partial charge in [0.25, 0.3) is 0 Å². The van der Waals surface area contributed by atoms with Crippen LogP contribution in [-0.4, -0.2) is 96.2 Å². The van der Waals surface area contributed by atoms with Crippen LogP contribution in [0.15, 0.2) is 30.3 Å². The van der Waals surface area contributed by atoms with Gasteiger partial charge in [0.2, 0.25) is 5.91 Å². The molecule has 0 N–H and O–H groups in total. The topological polar surface area (TPSA) is 62.3 Å². The molecule has 0 aliphatic carbocycles. The fourth-order valence-corrected chi connectivity index (χ4v) is 7.97. The molecule has 0 radical (unpaired) electrons. The van der Waals surface area contributed by atoms with Gasteiger partial charge >= 0.3 is 5.97 Å². The summed E-state index contributed by atoms with van der Waals surface area (Å²) >= 11 is 6.11. The van der Waals surface area contributed by atoms with Gasteiger partial charge in [-0.25, -0.2) is 4.39 Å². The highest BCUT2D eigenvalue weighted by molar-refractivity contribution is 6.30. The molecule has 0 aromatic heterocycles. The number of rotatable bonds is 7. The van der Waals surface area contributed by atoms with Crippen LogP contribution in [0.2, 0.25) is 5.02 Å². The molecule has 4 atom stereocenters. The number of amides is 1. The van der Waals surface area contributed by atoms with Crippen LogP contribution in [0.4, 0.5) is 4.39 Å². The molecule has 3 saturated heterocycles. The predicted molar refractivity (Wildman–Crippen MR) is 180 cm³/mol. The average molecular weight is 656 g/mol. The lowest BCUT2D eigenvalue weighted by Crippen LogP contribution is -2.60. The van der Waals surface area contributed by atoms with Crippen molar-refractivity contribution >= 4 is 23.5 Å². The quantitative estimate of drug-likeness (QED) is 0.337. The standard InChI is InChI=1S/C37H51ClFN3O4/c1-23-16-24(2)30(25(3)17-23)19-34(36(44)46-37(5,6)7)40-12-13-42(26(4)20-40)35(43)32-22-41(28-10-14-45-15-11-28)21-31(32)29-9-8-27(38)18-33(29)39/h8-9,16-18,26,28,31-32,34H,10-15,19-22H2,1-7H3/t26-,31-,32+,34-/m0/s1. The van der Waals surface area contributed by atoms with Gasteiger partial charge in [0.05, 0.1) is 5.92 Å². The molecule has 0 unspecified atom stereocenters. The molecule has 7 nitrogen and oxygen atoms in total. The van der Waals surface area contributed by atoms with E-state index in [0.29, 0.717) is 69.0 Å². The largest absolute Gasteiger partial charge is 0.459 e. The molecule has 46 heavy (non-hydrogen) atoms. The van der Waals surface area contributed by atoms with Crippen molar-refractivity contribution < 1.29 is 23.5 Å². The minimum Gasteiger partial charge on any atom is -0.459 e. The minimum atomic E-state index is -0.610. The summed E-state index contributed by atoms with van der Waals surface area (Å²) < 4.78 is 26.9. The summed E-state index contributed by atoms with van der Waals surface area (Å²) in [5.41, 5.74) is 4.65. The maximum absolute atomic E-state index is 15.3. The molecule has 0 bridgehead atoms. The molecular formula is C37H51ClFN3O4. The highest BCUT2D eigenvalue weighted by Crippen LogP contribution is 2.39. The maximum Gasteiger partial charge on any atom is 0.324 e. The summed E-state index contributed by atoms with van der Waals surface area (Å²) in [5, 5.41) is 0.351. The van der Waals surface area contributed by atoms with Gasteiger partial charge in [-0.05, 0) is 102 Å². The van der Waals surface area contributed by atoms with Crippen molar-refractivity contribution in [1.82, 2.24) is 14.7 Å². The number of esters is 1. The van der Waals surface area contributed by atoms with Crippen LogP contribution in [0.1, 0.15) is 74.3 Å². The Morgan fingerprint density at radius 3 is 2.30 bits per heavy atom. The number of hydrogen-bond acceptors (Lipinski definition) is 6. The van der Waals surface area contributed by atoms with Gasteiger partial charge in [0.1, 0.15) is 17.5 Å². The molecule has 5 rings (SSSR count). The lowest BCUT2D eigenvalue weighted by molar-refractivity contribution is -0.163. The number of piperazine rings is 1. The number of halogens is 2. The van der Waals surface area contributed by atoms with Gasteiger partial charge in [-0.15, -0.1) is 0 Å². The molecule has 2 aromatic carbocycles. The van der Waals surface area contributed by atoms with Gasteiger partial charge in [0, 0.05) is 69.0 Å². The Kier molecular flexibility index (Phi) is 10.8. The Morgan fingerprint density at radius 1 is 1.02 bits per heavy atom. The van der Waals surface area contributed by atoms with Crippen LogP contribution in [-0.2, 0) is 25.5 Å². The Hall–Kier alpha value is -2.52. The average Bonchev–Trinajstić information content (AvgIpc) is 3.41.